The summed E-state index contributed by atoms with van der Waals surface area (Å²) in [5.74, 6) is 0.0884. The van der Waals surface area contributed by atoms with Gasteiger partial charge in [-0.1, -0.05) is 0 Å². The molecule has 106 valence electrons. The van der Waals surface area contributed by atoms with E-state index in [9.17, 15) is 13.2 Å². The summed E-state index contributed by atoms with van der Waals surface area (Å²) in [6.45, 7) is 6.81. The highest BCUT2D eigenvalue weighted by Gasteiger charge is 2.29. The largest absolute Gasteiger partial charge is 0.449 e. The lowest BCUT2D eigenvalue weighted by molar-refractivity contribution is 0.121. The molecule has 7 heteroatoms. The van der Waals surface area contributed by atoms with Gasteiger partial charge in [0.1, 0.15) is 0 Å². The first-order valence-corrected chi connectivity index (χ1v) is 7.83. The third-order valence-corrected chi connectivity index (χ3v) is 3.91. The second kappa shape index (κ2) is 5.44. The summed E-state index contributed by atoms with van der Waals surface area (Å²) < 4.78 is 29.1. The zero-order valence-corrected chi connectivity index (χ0v) is 12.2. The number of sulfonamides is 1. The summed E-state index contributed by atoms with van der Waals surface area (Å²) in [6.07, 6.45) is 1.47. The van der Waals surface area contributed by atoms with Crippen molar-refractivity contribution in [3.8, 4) is 0 Å². The van der Waals surface area contributed by atoms with Crippen molar-refractivity contribution in [1.82, 2.24) is 9.62 Å². The molecule has 1 rings (SSSR count). The topological polar surface area (TPSA) is 75.7 Å². The van der Waals surface area contributed by atoms with Crippen LogP contribution in [-0.4, -0.2) is 50.3 Å². The van der Waals surface area contributed by atoms with Crippen LogP contribution in [0.5, 0.6) is 0 Å². The Morgan fingerprint density at radius 2 is 2.06 bits per heavy atom. The molecule has 1 aliphatic heterocycles. The number of alkyl carbamates (subject to hydrolysis) is 1. The monoisotopic (exact) mass is 278 g/mol. The van der Waals surface area contributed by atoms with Crippen LogP contribution in [0.1, 0.15) is 27.2 Å². The highest BCUT2D eigenvalue weighted by molar-refractivity contribution is 7.88. The summed E-state index contributed by atoms with van der Waals surface area (Å²) in [4.78, 5) is 11.4. The van der Waals surface area contributed by atoms with Gasteiger partial charge >= 0.3 is 6.09 Å². The molecule has 0 aromatic carbocycles. The molecule has 0 spiro atoms. The first-order chi connectivity index (χ1) is 8.08. The van der Waals surface area contributed by atoms with Crippen molar-refractivity contribution in [1.29, 1.82) is 0 Å². The molecule has 18 heavy (non-hydrogen) atoms. The van der Waals surface area contributed by atoms with Gasteiger partial charge in [-0.2, -0.15) is 0 Å². The normalized spacial score (nSPS) is 21.9. The van der Waals surface area contributed by atoms with Crippen LogP contribution in [0.4, 0.5) is 4.79 Å². The van der Waals surface area contributed by atoms with Crippen molar-refractivity contribution in [2.75, 3.05) is 26.0 Å². The van der Waals surface area contributed by atoms with E-state index >= 15 is 0 Å². The Labute approximate surface area is 109 Å². The summed E-state index contributed by atoms with van der Waals surface area (Å²) in [6, 6.07) is 0. The Hall–Kier alpha value is -0.820. The highest BCUT2D eigenvalue weighted by atomic mass is 32.2. The summed E-state index contributed by atoms with van der Waals surface area (Å²) >= 11 is 0. The van der Waals surface area contributed by atoms with Crippen LogP contribution in [0.3, 0.4) is 0 Å². The summed E-state index contributed by atoms with van der Waals surface area (Å²) in [5.41, 5.74) is -0.328. The van der Waals surface area contributed by atoms with E-state index in [4.69, 9.17) is 4.74 Å². The predicted molar refractivity (Wildman–Crippen MR) is 68.8 cm³/mol. The lowest BCUT2D eigenvalue weighted by Gasteiger charge is -2.20. The van der Waals surface area contributed by atoms with E-state index in [2.05, 4.69) is 5.32 Å². The predicted octanol–water partition coefficient (Wildman–Crippen LogP) is 0.793. The number of carbonyl (C=O) groups excluding carboxylic acids is 1. The zero-order chi connectivity index (χ0) is 14.0. The molecule has 1 fully saturated rings. The molecule has 1 saturated heterocycles. The molecular weight excluding hydrogens is 256 g/mol. The number of carbonyl (C=O) groups is 1. The molecule has 1 heterocycles. The Morgan fingerprint density at radius 1 is 1.44 bits per heavy atom. The van der Waals surface area contributed by atoms with Crippen molar-refractivity contribution in [3.05, 3.63) is 0 Å². The molecular formula is C11H22N2O4S. The van der Waals surface area contributed by atoms with Gasteiger partial charge in [0.2, 0.25) is 10.0 Å². The molecule has 6 nitrogen and oxygen atoms in total. The fourth-order valence-corrected chi connectivity index (χ4v) is 2.69. The molecule has 0 saturated carbocycles. The van der Waals surface area contributed by atoms with Crippen LogP contribution in [-0.2, 0) is 14.8 Å². The minimum atomic E-state index is -3.13. The maximum absolute atomic E-state index is 11.4. The number of nitrogens with zero attached hydrogens (tertiary/aromatic N) is 1. The first-order valence-electron chi connectivity index (χ1n) is 5.98. The molecule has 1 N–H and O–H groups in total. The average Bonchev–Trinajstić information content (AvgIpc) is 2.59. The van der Waals surface area contributed by atoms with Gasteiger partial charge < -0.3 is 10.1 Å². The Balaban J connectivity index is 2.32. The number of nitrogens with one attached hydrogen (secondary N) is 1. The number of amides is 1. The van der Waals surface area contributed by atoms with Crippen molar-refractivity contribution in [2.45, 2.75) is 32.7 Å². The van der Waals surface area contributed by atoms with Crippen molar-refractivity contribution >= 4 is 16.1 Å². The second-order valence-corrected chi connectivity index (χ2v) is 7.73. The highest BCUT2D eigenvalue weighted by Crippen LogP contribution is 2.19. The molecule has 0 bridgehead atoms. The molecule has 0 aromatic heterocycles. The van der Waals surface area contributed by atoms with Crippen molar-refractivity contribution in [2.24, 2.45) is 5.92 Å². The smallest absolute Gasteiger partial charge is 0.407 e. The Bertz CT molecular complexity index is 400. The van der Waals surface area contributed by atoms with E-state index in [0.29, 0.717) is 13.1 Å². The van der Waals surface area contributed by atoms with Gasteiger partial charge in [-0.3, -0.25) is 0 Å². The molecule has 0 radical (unpaired) electrons. The van der Waals surface area contributed by atoms with Crippen molar-refractivity contribution in [3.63, 3.8) is 0 Å². The van der Waals surface area contributed by atoms with E-state index in [1.807, 2.05) is 20.8 Å². The van der Waals surface area contributed by atoms with Gasteiger partial charge in [0.25, 0.3) is 0 Å². The third kappa shape index (κ3) is 5.22. The molecule has 1 amide bonds. The van der Waals surface area contributed by atoms with E-state index in [-0.39, 0.29) is 18.1 Å². The first kappa shape index (κ1) is 15.2. The molecule has 0 aliphatic carbocycles. The van der Waals surface area contributed by atoms with Gasteiger partial charge in [0.05, 0.1) is 12.9 Å². The molecule has 1 aliphatic rings. The van der Waals surface area contributed by atoms with Crippen LogP contribution < -0.4 is 5.32 Å². The minimum absolute atomic E-state index is 0.0884. The van der Waals surface area contributed by atoms with Gasteiger partial charge in [-0.05, 0) is 27.2 Å². The fraction of sp³-hybridized carbons (Fsp3) is 0.909. The molecule has 1 atom stereocenters. The number of hydrogen-bond acceptors (Lipinski definition) is 4. The van der Waals surface area contributed by atoms with E-state index in [1.54, 1.807) is 0 Å². The fourth-order valence-electron chi connectivity index (χ4n) is 1.77. The maximum atomic E-state index is 11.4. The number of hydrogen-bond donors (Lipinski definition) is 1. The summed E-state index contributed by atoms with van der Waals surface area (Å²) in [7, 11) is -3.13. The molecule has 0 aromatic rings. The average molecular weight is 278 g/mol. The number of rotatable bonds is 3. The van der Waals surface area contributed by atoms with E-state index in [1.165, 1.54) is 10.6 Å². The quantitative estimate of drug-likeness (QED) is 0.828. The Kier molecular flexibility index (Phi) is 4.61. The minimum Gasteiger partial charge on any atom is -0.449 e. The van der Waals surface area contributed by atoms with Gasteiger partial charge in [0.15, 0.2) is 0 Å². The van der Waals surface area contributed by atoms with Crippen molar-refractivity contribution < 1.29 is 17.9 Å². The zero-order valence-electron chi connectivity index (χ0n) is 11.4. The second-order valence-electron chi connectivity index (χ2n) is 5.75. The van der Waals surface area contributed by atoms with Crippen LogP contribution in [0.2, 0.25) is 0 Å². The van der Waals surface area contributed by atoms with Gasteiger partial charge in [-0.15, -0.1) is 0 Å². The van der Waals surface area contributed by atoms with Crippen LogP contribution in [0, 0.1) is 5.92 Å². The number of ether oxygens (including phenoxy) is 1. The third-order valence-electron chi connectivity index (χ3n) is 2.64. The van der Waals surface area contributed by atoms with Crippen LogP contribution in [0.15, 0.2) is 0 Å². The standard InChI is InChI=1S/C11H22N2O4S/c1-11(2,3)12-10(14)17-8-9-5-6-13(7-9)18(4,15)16/h9H,5-8H2,1-4H3,(H,12,14). The van der Waals surface area contributed by atoms with Crippen LogP contribution in [0.25, 0.3) is 0 Å². The summed E-state index contributed by atoms with van der Waals surface area (Å²) in [5, 5.41) is 2.69. The molecule has 1 unspecified atom stereocenters. The van der Waals surface area contributed by atoms with Gasteiger partial charge in [0, 0.05) is 24.5 Å². The van der Waals surface area contributed by atoms with Crippen LogP contribution >= 0.6 is 0 Å². The van der Waals surface area contributed by atoms with Gasteiger partial charge in [-0.25, -0.2) is 17.5 Å². The SMILES string of the molecule is CC(C)(C)NC(=O)OCC1CCN(S(C)(=O)=O)C1. The Morgan fingerprint density at radius 3 is 2.50 bits per heavy atom. The lowest BCUT2D eigenvalue weighted by Crippen LogP contribution is -2.41. The van der Waals surface area contributed by atoms with E-state index < -0.39 is 16.1 Å². The maximum Gasteiger partial charge on any atom is 0.407 e. The van der Waals surface area contributed by atoms with E-state index in [0.717, 1.165) is 6.42 Å². The lowest BCUT2D eigenvalue weighted by atomic mass is 10.1.